The number of anilines is 4. The first-order valence-corrected chi connectivity index (χ1v) is 21.5. The largest absolute Gasteiger partial charge is 0.490 e. The fraction of sp³-hybridized carbons (Fsp3) is 0.409. The van der Waals surface area contributed by atoms with Gasteiger partial charge in [0.2, 0.25) is 17.1 Å². The van der Waals surface area contributed by atoms with E-state index in [-0.39, 0.29) is 29.2 Å². The summed E-state index contributed by atoms with van der Waals surface area (Å²) in [5.41, 5.74) is 4.90. The van der Waals surface area contributed by atoms with Gasteiger partial charge in [-0.1, -0.05) is 69.9 Å². The van der Waals surface area contributed by atoms with Crippen molar-refractivity contribution in [3.8, 4) is 11.4 Å². The van der Waals surface area contributed by atoms with Gasteiger partial charge in [0.25, 0.3) is 0 Å². The standard InChI is InChI=1S/C22H25N5O.C14H19ClN4O.C8H8BNO2/c1-3-17-22(28)26(2)18-13-24-20(16-10-6-7-14-11-12-23-19(14)16)25-21(18)27(17)15-8-4-5-9-15;1-3-10-13(20)18(2)11-8-16-14(15)17-12(11)19(10)9-6-4-5-7-9;11-9(12)7-3-1-2-6-4-5-10-8(6)7/h6-7,10-13,15,17,23H,3-5,8-9H2,1-2H3;8-10H,3-7H2,1-2H3;1-5,10-12H/t17-;10-;/m11./s1. The van der Waals surface area contributed by atoms with Crippen LogP contribution >= 0.6 is 11.6 Å². The number of hydrogen-bond donors (Lipinski definition) is 4. The van der Waals surface area contributed by atoms with Gasteiger partial charge in [0, 0.05) is 60.5 Å². The summed E-state index contributed by atoms with van der Waals surface area (Å²) >= 11 is 5.97. The monoisotopic (exact) mass is 830 g/mol. The van der Waals surface area contributed by atoms with Crippen molar-refractivity contribution in [2.75, 3.05) is 33.7 Å². The summed E-state index contributed by atoms with van der Waals surface area (Å²) in [6, 6.07) is 16.0. The van der Waals surface area contributed by atoms with Crippen molar-refractivity contribution < 1.29 is 19.6 Å². The number of aromatic amines is 2. The highest BCUT2D eigenvalue weighted by atomic mass is 35.5. The number of nitrogens with one attached hydrogen (secondary N) is 2. The number of H-pyrrole nitrogens is 2. The molecule has 6 heterocycles. The average molecular weight is 831 g/mol. The van der Waals surface area contributed by atoms with Crippen LogP contribution < -0.4 is 25.1 Å². The molecule has 4 aromatic heterocycles. The van der Waals surface area contributed by atoms with Gasteiger partial charge in [-0.3, -0.25) is 9.59 Å². The minimum atomic E-state index is -1.41. The number of rotatable bonds is 6. The lowest BCUT2D eigenvalue weighted by molar-refractivity contribution is -0.120. The van der Waals surface area contributed by atoms with Gasteiger partial charge in [-0.05, 0) is 73.7 Å². The Kier molecular flexibility index (Phi) is 12.1. The van der Waals surface area contributed by atoms with Crippen LogP contribution in [0.3, 0.4) is 0 Å². The molecular formula is C44H52BClN10O4. The Morgan fingerprint density at radius 1 is 0.700 bits per heavy atom. The van der Waals surface area contributed by atoms with E-state index < -0.39 is 7.12 Å². The van der Waals surface area contributed by atoms with Gasteiger partial charge in [-0.25, -0.2) is 15.0 Å². The molecule has 6 aromatic rings. The summed E-state index contributed by atoms with van der Waals surface area (Å²) in [4.78, 5) is 57.8. The second-order valence-corrected chi connectivity index (χ2v) is 16.3. The predicted molar refractivity (Wildman–Crippen MR) is 239 cm³/mol. The zero-order chi connectivity index (χ0) is 42.1. The van der Waals surface area contributed by atoms with Crippen molar-refractivity contribution in [3.63, 3.8) is 0 Å². The molecule has 4 N–H and O–H groups in total. The number of carbonyl (C=O) groups is 2. The molecule has 312 valence electrons. The third-order valence-electron chi connectivity index (χ3n) is 12.5. The van der Waals surface area contributed by atoms with Gasteiger partial charge in [-0.15, -0.1) is 0 Å². The molecule has 10 rings (SSSR count). The fourth-order valence-corrected chi connectivity index (χ4v) is 9.60. The molecule has 2 amide bonds. The Morgan fingerprint density at radius 2 is 1.20 bits per heavy atom. The highest BCUT2D eigenvalue weighted by Gasteiger charge is 2.42. The number of carbonyl (C=O) groups excluding carboxylic acids is 2. The molecule has 0 radical (unpaired) electrons. The molecule has 16 heteroatoms. The van der Waals surface area contributed by atoms with Crippen LogP contribution in [0.2, 0.25) is 5.28 Å². The lowest BCUT2D eigenvalue weighted by Gasteiger charge is -2.43. The first-order valence-electron chi connectivity index (χ1n) is 21.1. The van der Waals surface area contributed by atoms with Gasteiger partial charge < -0.3 is 39.6 Å². The van der Waals surface area contributed by atoms with Crippen molar-refractivity contribution in [2.24, 2.45) is 0 Å². The topological polar surface area (TPSA) is 171 Å². The van der Waals surface area contributed by atoms with Crippen LogP contribution in [0.5, 0.6) is 0 Å². The highest BCUT2D eigenvalue weighted by Crippen LogP contribution is 2.42. The third kappa shape index (κ3) is 7.70. The number of para-hydroxylation sites is 2. The molecule has 4 aliphatic rings. The molecule has 0 spiro atoms. The van der Waals surface area contributed by atoms with E-state index in [1.807, 2.05) is 44.6 Å². The number of hydrogen-bond acceptors (Lipinski definition) is 10. The lowest BCUT2D eigenvalue weighted by Crippen LogP contribution is -2.55. The van der Waals surface area contributed by atoms with Crippen LogP contribution in [0, 0.1) is 0 Å². The maximum absolute atomic E-state index is 13.0. The summed E-state index contributed by atoms with van der Waals surface area (Å²) in [6.45, 7) is 4.14. The molecule has 2 atom stereocenters. The van der Waals surface area contributed by atoms with Crippen LogP contribution in [0.15, 0.2) is 73.3 Å². The van der Waals surface area contributed by atoms with Gasteiger partial charge >= 0.3 is 7.12 Å². The molecule has 2 aliphatic heterocycles. The summed E-state index contributed by atoms with van der Waals surface area (Å²) in [5.74, 6) is 2.68. The Bertz CT molecular complexity index is 2480. The van der Waals surface area contributed by atoms with E-state index in [1.165, 1.54) is 25.7 Å². The van der Waals surface area contributed by atoms with Crippen LogP contribution in [-0.2, 0) is 9.59 Å². The molecule has 60 heavy (non-hydrogen) atoms. The molecule has 2 saturated carbocycles. The number of amides is 2. The minimum absolute atomic E-state index is 0.123. The minimum Gasteiger partial charge on any atom is -0.423 e. The smallest absolute Gasteiger partial charge is 0.423 e. The molecule has 0 saturated heterocycles. The van der Waals surface area contributed by atoms with Crippen LogP contribution in [0.4, 0.5) is 23.0 Å². The molecule has 14 nitrogen and oxygen atoms in total. The Balaban J connectivity index is 0.000000136. The fourth-order valence-electron chi connectivity index (χ4n) is 9.47. The Hall–Kier alpha value is -5.51. The molecular weight excluding hydrogens is 779 g/mol. The highest BCUT2D eigenvalue weighted by molar-refractivity contribution is 6.61. The normalized spacial score (nSPS) is 19.3. The predicted octanol–water partition coefficient (Wildman–Crippen LogP) is 6.61. The molecule has 2 aliphatic carbocycles. The summed E-state index contributed by atoms with van der Waals surface area (Å²) in [5, 5.41) is 20.3. The number of fused-ring (bicyclic) bond motifs is 4. The maximum Gasteiger partial charge on any atom is 0.490 e. The van der Waals surface area contributed by atoms with Gasteiger partial charge in [0.15, 0.2) is 17.5 Å². The van der Waals surface area contributed by atoms with Crippen molar-refractivity contribution >= 4 is 80.8 Å². The van der Waals surface area contributed by atoms with Gasteiger partial charge in [-0.2, -0.15) is 4.98 Å². The van der Waals surface area contributed by atoms with E-state index in [0.29, 0.717) is 23.4 Å². The number of nitrogens with zero attached hydrogens (tertiary/aromatic N) is 8. The van der Waals surface area contributed by atoms with E-state index >= 15 is 0 Å². The van der Waals surface area contributed by atoms with Crippen molar-refractivity contribution in [2.45, 2.75) is 102 Å². The van der Waals surface area contributed by atoms with Crippen LogP contribution in [0.25, 0.3) is 33.2 Å². The quantitative estimate of drug-likeness (QED) is 0.106. The number of likely N-dealkylation sites (N-methyl/N-ethyl adjacent to an activating group) is 2. The Labute approximate surface area is 355 Å². The van der Waals surface area contributed by atoms with E-state index in [4.69, 9.17) is 26.6 Å². The van der Waals surface area contributed by atoms with Gasteiger partial charge in [0.05, 0.1) is 17.9 Å². The average Bonchev–Trinajstić information content (AvgIpc) is 4.12. The first kappa shape index (κ1) is 41.2. The summed E-state index contributed by atoms with van der Waals surface area (Å²) in [7, 11) is 2.21. The second-order valence-electron chi connectivity index (χ2n) is 16.0. The van der Waals surface area contributed by atoms with E-state index in [0.717, 1.165) is 88.9 Å². The molecule has 0 bridgehead atoms. The van der Waals surface area contributed by atoms with Crippen molar-refractivity contribution in [1.29, 1.82) is 0 Å². The van der Waals surface area contributed by atoms with E-state index in [1.54, 1.807) is 41.4 Å². The zero-order valence-corrected chi connectivity index (χ0v) is 35.3. The number of aromatic nitrogens is 6. The van der Waals surface area contributed by atoms with Gasteiger partial charge in [0.1, 0.15) is 23.5 Å². The summed E-state index contributed by atoms with van der Waals surface area (Å²) < 4.78 is 0. The third-order valence-corrected chi connectivity index (χ3v) is 12.7. The van der Waals surface area contributed by atoms with E-state index in [2.05, 4.69) is 59.8 Å². The number of benzene rings is 2. The SMILES string of the molecule is CC[C@@H]1C(=O)N(C)c2cnc(-c3cccc4cc[nH]c34)nc2N1C1CCCC1.CC[C@@H]1C(=O)N(C)c2cnc(Cl)nc2N1C1CCCC1.OB(O)c1cccc2cc[nH]c12. The van der Waals surface area contributed by atoms with Crippen LogP contribution in [-0.4, -0.2) is 97.1 Å². The molecule has 0 unspecified atom stereocenters. The zero-order valence-electron chi connectivity index (χ0n) is 34.6. The second kappa shape index (κ2) is 17.6. The number of halogens is 1. The van der Waals surface area contributed by atoms with Crippen LogP contribution in [0.1, 0.15) is 78.1 Å². The molecule has 2 fully saturated rings. The lowest BCUT2D eigenvalue weighted by atomic mass is 9.79. The maximum atomic E-state index is 13.0. The van der Waals surface area contributed by atoms with E-state index in [9.17, 15) is 9.59 Å². The van der Waals surface area contributed by atoms with Crippen molar-refractivity contribution in [1.82, 2.24) is 29.9 Å². The Morgan fingerprint density at radius 3 is 1.75 bits per heavy atom. The first-order chi connectivity index (χ1) is 29.1. The summed E-state index contributed by atoms with van der Waals surface area (Å²) in [6.07, 6.45) is 18.1. The van der Waals surface area contributed by atoms with Crippen molar-refractivity contribution in [3.05, 3.63) is 78.6 Å². The molecule has 2 aromatic carbocycles.